The second-order valence-electron chi connectivity index (χ2n) is 5.16. The topological polar surface area (TPSA) is 108 Å². The maximum absolute atomic E-state index is 12.7. The summed E-state index contributed by atoms with van der Waals surface area (Å²) in [7, 11) is -12.6. The molecule has 0 spiro atoms. The number of phosphoric acid groups is 1. The Morgan fingerprint density at radius 2 is 1.45 bits per heavy atom. The molecule has 2 unspecified atom stereocenters. The minimum atomic E-state index is -4.29. The van der Waals surface area contributed by atoms with Gasteiger partial charge < -0.3 is 4.89 Å². The molecule has 12 heteroatoms. The van der Waals surface area contributed by atoms with Gasteiger partial charge in [-0.05, 0) is 34.6 Å². The molecule has 2 atom stereocenters. The van der Waals surface area contributed by atoms with Crippen LogP contribution in [0.4, 0.5) is 0 Å². The predicted molar refractivity (Wildman–Crippen MR) is 88.9 cm³/mol. The average molecular weight is 445 g/mol. The Balaban J connectivity index is 5.47. The second kappa shape index (κ2) is 8.89. The molecule has 0 aliphatic carbocycles. The highest BCUT2D eigenvalue weighted by atomic mass is 79.9. The highest BCUT2D eigenvalue weighted by Crippen LogP contribution is 2.73. The van der Waals surface area contributed by atoms with Gasteiger partial charge in [-0.15, -0.1) is 0 Å². The van der Waals surface area contributed by atoms with Gasteiger partial charge in [-0.2, -0.15) is 0 Å². The van der Waals surface area contributed by atoms with Crippen LogP contribution in [0, 0.1) is 0 Å². The van der Waals surface area contributed by atoms with E-state index in [1.54, 1.807) is 13.8 Å². The summed E-state index contributed by atoms with van der Waals surface area (Å²) in [5.74, 6) is 0. The van der Waals surface area contributed by atoms with Gasteiger partial charge in [-0.1, -0.05) is 15.9 Å². The van der Waals surface area contributed by atoms with Crippen LogP contribution in [0.25, 0.3) is 0 Å². The van der Waals surface area contributed by atoms with Crippen molar-refractivity contribution in [3.8, 4) is 0 Å². The Morgan fingerprint density at radius 1 is 1.00 bits per heavy atom. The Labute approximate surface area is 140 Å². The van der Waals surface area contributed by atoms with Crippen LogP contribution in [0.3, 0.4) is 0 Å². The predicted octanol–water partition coefficient (Wildman–Crippen LogP) is 4.77. The third kappa shape index (κ3) is 7.25. The van der Waals surface area contributed by atoms with E-state index in [9.17, 15) is 18.6 Å². The number of hydrogen-bond acceptors (Lipinski definition) is 7. The summed E-state index contributed by atoms with van der Waals surface area (Å²) in [4.78, 5) is 9.96. The summed E-state index contributed by atoms with van der Waals surface area (Å²) >= 11 is 3.05. The molecule has 0 aromatic rings. The lowest BCUT2D eigenvalue weighted by Gasteiger charge is -2.29. The first-order valence-corrected chi connectivity index (χ1v) is 12.5. The lowest BCUT2D eigenvalue weighted by Crippen LogP contribution is -2.17. The normalized spacial score (nSPS) is 18.7. The van der Waals surface area contributed by atoms with Crippen molar-refractivity contribution in [1.29, 1.82) is 0 Å². The molecule has 0 aliphatic heterocycles. The van der Waals surface area contributed by atoms with Crippen LogP contribution < -0.4 is 0 Å². The van der Waals surface area contributed by atoms with Gasteiger partial charge in [0.2, 0.25) is 0 Å². The molecule has 0 aromatic heterocycles. The Hall–Kier alpha value is 0.970. The van der Waals surface area contributed by atoms with Crippen LogP contribution in [0.1, 0.15) is 34.6 Å². The molecule has 1 N–H and O–H groups in total. The third-order valence-electron chi connectivity index (χ3n) is 2.24. The zero-order valence-corrected chi connectivity index (χ0v) is 17.6. The largest absolute Gasteiger partial charge is 0.482 e. The first-order chi connectivity index (χ1) is 9.85. The van der Waals surface area contributed by atoms with Gasteiger partial charge in [0.25, 0.3) is 0 Å². The standard InChI is InChI=1S/C10H24BrO8P3/c1-6-16-22(15,17-7-2)19-20(12,9-8-11)18-21(13,14)10(3,4)5/h6-9H2,1-5H3,(H,13,14). The molecule has 22 heavy (non-hydrogen) atoms. The van der Waals surface area contributed by atoms with Crippen LogP contribution in [0.15, 0.2) is 0 Å². The van der Waals surface area contributed by atoms with Crippen LogP contribution in [-0.2, 0) is 31.4 Å². The van der Waals surface area contributed by atoms with E-state index < -0.39 is 28.2 Å². The summed E-state index contributed by atoms with van der Waals surface area (Å²) in [5, 5.41) is -1.04. The van der Waals surface area contributed by atoms with Crippen LogP contribution in [-0.4, -0.2) is 34.8 Å². The molecule has 0 fully saturated rings. The zero-order valence-electron chi connectivity index (χ0n) is 13.4. The highest BCUT2D eigenvalue weighted by Gasteiger charge is 2.47. The average Bonchev–Trinajstić information content (AvgIpc) is 2.25. The molecule has 0 rings (SSSR count). The fraction of sp³-hybridized carbons (Fsp3) is 1.00. The van der Waals surface area contributed by atoms with Gasteiger partial charge in [0.15, 0.2) is 0 Å². The summed E-state index contributed by atoms with van der Waals surface area (Å²) in [5.41, 5.74) is 0. The SMILES string of the molecule is CCOP(=O)(OCC)OP(=O)(CCBr)OP(=O)(O)C(C)(C)C. The molecule has 134 valence electrons. The van der Waals surface area contributed by atoms with Crippen molar-refractivity contribution >= 4 is 38.9 Å². The van der Waals surface area contributed by atoms with E-state index in [4.69, 9.17) is 17.7 Å². The molecular weight excluding hydrogens is 421 g/mol. The zero-order chi connectivity index (χ0) is 17.7. The van der Waals surface area contributed by atoms with Crippen LogP contribution in [0.2, 0.25) is 0 Å². The molecule has 0 bridgehead atoms. The summed E-state index contributed by atoms with van der Waals surface area (Å²) < 4.78 is 56.9. The number of halogens is 1. The maximum atomic E-state index is 12.7. The van der Waals surface area contributed by atoms with Gasteiger partial charge in [0, 0.05) is 5.33 Å². The maximum Gasteiger partial charge on any atom is 0.482 e. The molecule has 0 saturated carbocycles. The van der Waals surface area contributed by atoms with Gasteiger partial charge in [0.05, 0.1) is 24.5 Å². The second-order valence-corrected chi connectivity index (χ2v) is 12.7. The minimum Gasteiger partial charge on any atom is -0.324 e. The molecule has 0 radical (unpaired) electrons. The van der Waals surface area contributed by atoms with Crippen molar-refractivity contribution in [2.24, 2.45) is 0 Å². The van der Waals surface area contributed by atoms with Crippen molar-refractivity contribution in [2.45, 2.75) is 39.8 Å². The monoisotopic (exact) mass is 444 g/mol. The van der Waals surface area contributed by atoms with Crippen molar-refractivity contribution in [3.63, 3.8) is 0 Å². The van der Waals surface area contributed by atoms with E-state index in [2.05, 4.69) is 15.9 Å². The summed E-state index contributed by atoms with van der Waals surface area (Å²) in [6, 6.07) is 0. The van der Waals surface area contributed by atoms with Gasteiger partial charge in [-0.25, -0.2) is 13.2 Å². The fourth-order valence-corrected chi connectivity index (χ4v) is 8.23. The van der Waals surface area contributed by atoms with E-state index in [-0.39, 0.29) is 24.7 Å². The summed E-state index contributed by atoms with van der Waals surface area (Å²) in [6.07, 6.45) is -0.266. The quantitative estimate of drug-likeness (QED) is 0.379. The molecule has 8 nitrogen and oxygen atoms in total. The minimum absolute atomic E-state index is 0.0123. The van der Waals surface area contributed by atoms with Crippen molar-refractivity contribution < 1.29 is 36.3 Å². The van der Waals surface area contributed by atoms with Gasteiger partial charge in [-0.3, -0.25) is 18.2 Å². The van der Waals surface area contributed by atoms with E-state index in [0.717, 1.165) is 0 Å². The Kier molecular flexibility index (Phi) is 9.28. The van der Waals surface area contributed by atoms with E-state index in [1.807, 2.05) is 0 Å². The highest BCUT2D eigenvalue weighted by molar-refractivity contribution is 9.09. The van der Waals surface area contributed by atoms with E-state index >= 15 is 0 Å². The molecular formula is C10H24BrO8P3. The van der Waals surface area contributed by atoms with Crippen molar-refractivity contribution in [1.82, 2.24) is 0 Å². The number of hydrogen-bond donors (Lipinski definition) is 1. The smallest absolute Gasteiger partial charge is 0.324 e. The fourth-order valence-electron chi connectivity index (χ4n) is 1.04. The third-order valence-corrected chi connectivity index (χ3v) is 10.5. The van der Waals surface area contributed by atoms with Crippen LogP contribution >= 0.6 is 38.9 Å². The summed E-state index contributed by atoms with van der Waals surface area (Å²) in [6.45, 7) is 7.45. The first-order valence-electron chi connectivity index (χ1n) is 6.64. The molecule has 0 aromatic carbocycles. The number of phosphoric ester groups is 1. The van der Waals surface area contributed by atoms with Gasteiger partial charge in [0.1, 0.15) is 0 Å². The van der Waals surface area contributed by atoms with E-state index in [1.165, 1.54) is 20.8 Å². The molecule has 0 amide bonds. The van der Waals surface area contributed by atoms with Crippen LogP contribution in [0.5, 0.6) is 0 Å². The molecule has 0 saturated heterocycles. The lowest BCUT2D eigenvalue weighted by molar-refractivity contribution is 0.162. The first kappa shape index (κ1) is 23.0. The van der Waals surface area contributed by atoms with Crippen molar-refractivity contribution in [3.05, 3.63) is 0 Å². The van der Waals surface area contributed by atoms with Gasteiger partial charge >= 0.3 is 23.0 Å². The lowest BCUT2D eigenvalue weighted by atomic mass is 10.3. The number of rotatable bonds is 10. The van der Waals surface area contributed by atoms with E-state index in [0.29, 0.717) is 0 Å². The van der Waals surface area contributed by atoms with Crippen molar-refractivity contribution in [2.75, 3.05) is 24.7 Å². The Morgan fingerprint density at radius 3 is 1.77 bits per heavy atom. The molecule has 0 heterocycles. The Bertz CT molecular complexity index is 479. The number of alkyl halides is 1. The molecule has 0 aliphatic rings.